The monoisotopic (exact) mass is 298 g/mol. The first-order valence-electron chi connectivity index (χ1n) is 6.32. The summed E-state index contributed by atoms with van der Waals surface area (Å²) in [5.74, 6) is -0.680. The molecule has 0 aliphatic heterocycles. The minimum absolute atomic E-state index is 0.0156. The minimum atomic E-state index is -0.647. The number of rotatable bonds is 5. The quantitative estimate of drug-likeness (QED) is 0.645. The highest BCUT2D eigenvalue weighted by Crippen LogP contribution is 2.18. The molecule has 0 spiro atoms. The van der Waals surface area contributed by atoms with Crippen molar-refractivity contribution in [2.24, 2.45) is 5.92 Å². The molecule has 0 radical (unpaired) electrons. The number of hydrogen-bond acceptors (Lipinski definition) is 4. The average Bonchev–Trinajstić information content (AvgIpc) is 2.35. The van der Waals surface area contributed by atoms with E-state index in [1.54, 1.807) is 0 Å². The zero-order chi connectivity index (χ0) is 15.3. The van der Waals surface area contributed by atoms with Gasteiger partial charge in [-0.15, -0.1) is 0 Å². The Hall–Kier alpha value is -1.75. The lowest BCUT2D eigenvalue weighted by Gasteiger charge is -2.17. The zero-order valence-electron chi connectivity index (χ0n) is 11.8. The molecule has 0 aliphatic rings. The number of amides is 1. The van der Waals surface area contributed by atoms with Gasteiger partial charge in [0.15, 0.2) is 6.61 Å². The number of nitrogen functional groups attached to an aromatic ring is 1. The number of halogens is 1. The minimum Gasteiger partial charge on any atom is -0.452 e. The van der Waals surface area contributed by atoms with Gasteiger partial charge in [-0.1, -0.05) is 25.4 Å². The summed E-state index contributed by atoms with van der Waals surface area (Å²) in [5.41, 5.74) is 6.08. The summed E-state index contributed by atoms with van der Waals surface area (Å²) in [6, 6.07) is 4.48. The Bertz CT molecular complexity index is 503. The summed E-state index contributed by atoms with van der Waals surface area (Å²) < 4.78 is 4.92. The fourth-order valence-electron chi connectivity index (χ4n) is 1.39. The van der Waals surface area contributed by atoms with E-state index in [-0.39, 0.29) is 29.8 Å². The highest BCUT2D eigenvalue weighted by molar-refractivity contribution is 6.31. The van der Waals surface area contributed by atoms with Gasteiger partial charge >= 0.3 is 5.97 Å². The van der Waals surface area contributed by atoms with E-state index in [1.165, 1.54) is 18.2 Å². The van der Waals surface area contributed by atoms with Crippen molar-refractivity contribution < 1.29 is 14.3 Å². The van der Waals surface area contributed by atoms with Crippen LogP contribution < -0.4 is 11.1 Å². The fraction of sp³-hybridized carbons (Fsp3) is 0.429. The molecule has 3 N–H and O–H groups in total. The lowest BCUT2D eigenvalue weighted by Crippen LogP contribution is -2.38. The van der Waals surface area contributed by atoms with E-state index >= 15 is 0 Å². The summed E-state index contributed by atoms with van der Waals surface area (Å²) >= 11 is 5.74. The van der Waals surface area contributed by atoms with Gasteiger partial charge in [0.2, 0.25) is 0 Å². The topological polar surface area (TPSA) is 81.4 Å². The maximum atomic E-state index is 11.8. The molecule has 0 heterocycles. The molecule has 5 nitrogen and oxygen atoms in total. The molecule has 1 aromatic carbocycles. The van der Waals surface area contributed by atoms with Crippen molar-refractivity contribution in [3.63, 3.8) is 0 Å². The van der Waals surface area contributed by atoms with Crippen molar-refractivity contribution in [3.8, 4) is 0 Å². The van der Waals surface area contributed by atoms with Crippen molar-refractivity contribution in [2.75, 3.05) is 12.3 Å². The van der Waals surface area contributed by atoms with Gasteiger partial charge < -0.3 is 15.8 Å². The van der Waals surface area contributed by atoms with Crippen LogP contribution in [0.3, 0.4) is 0 Å². The van der Waals surface area contributed by atoms with E-state index in [2.05, 4.69) is 5.32 Å². The molecular formula is C14H19ClN2O3. The van der Waals surface area contributed by atoms with Crippen molar-refractivity contribution in [1.29, 1.82) is 0 Å². The van der Waals surface area contributed by atoms with Gasteiger partial charge in [0.25, 0.3) is 5.91 Å². The third-order valence-corrected chi connectivity index (χ3v) is 3.19. The van der Waals surface area contributed by atoms with Crippen LogP contribution in [0.1, 0.15) is 31.1 Å². The number of nitrogens with two attached hydrogens (primary N) is 1. The second-order valence-electron chi connectivity index (χ2n) is 4.91. The first kappa shape index (κ1) is 16.3. The summed E-state index contributed by atoms with van der Waals surface area (Å²) in [5, 5.41) is 3.17. The van der Waals surface area contributed by atoms with E-state index < -0.39 is 5.97 Å². The maximum absolute atomic E-state index is 11.8. The van der Waals surface area contributed by atoms with Crippen molar-refractivity contribution in [2.45, 2.75) is 26.8 Å². The normalized spacial score (nSPS) is 12.1. The molecule has 1 aromatic rings. The molecule has 0 bridgehead atoms. The molecule has 1 rings (SSSR count). The third-order valence-electron chi connectivity index (χ3n) is 2.96. The number of esters is 1. The zero-order valence-corrected chi connectivity index (χ0v) is 12.5. The molecular weight excluding hydrogens is 280 g/mol. The van der Waals surface area contributed by atoms with Crippen LogP contribution in [0.25, 0.3) is 0 Å². The van der Waals surface area contributed by atoms with Gasteiger partial charge in [0.1, 0.15) is 0 Å². The molecule has 0 aromatic heterocycles. The Morgan fingerprint density at radius 3 is 2.55 bits per heavy atom. The van der Waals surface area contributed by atoms with Crippen LogP contribution >= 0.6 is 11.6 Å². The molecule has 0 fully saturated rings. The Labute approximate surface area is 123 Å². The van der Waals surface area contributed by atoms with Gasteiger partial charge in [-0.3, -0.25) is 4.79 Å². The van der Waals surface area contributed by atoms with Crippen molar-refractivity contribution in [3.05, 3.63) is 28.8 Å². The van der Waals surface area contributed by atoms with Crippen molar-refractivity contribution in [1.82, 2.24) is 5.32 Å². The number of carbonyl (C=O) groups is 2. The average molecular weight is 299 g/mol. The van der Waals surface area contributed by atoms with E-state index in [1.807, 2.05) is 20.8 Å². The van der Waals surface area contributed by atoms with Crippen LogP contribution in [-0.4, -0.2) is 24.5 Å². The summed E-state index contributed by atoms with van der Waals surface area (Å²) in [6.07, 6.45) is 0. The predicted octanol–water partition coefficient (Wildman–Crippen LogP) is 2.24. The van der Waals surface area contributed by atoms with Crippen LogP contribution in [0, 0.1) is 5.92 Å². The Balaban J connectivity index is 2.53. The fourth-order valence-corrected chi connectivity index (χ4v) is 1.57. The van der Waals surface area contributed by atoms with Crippen LogP contribution in [0.15, 0.2) is 18.2 Å². The molecule has 0 unspecified atom stereocenters. The van der Waals surface area contributed by atoms with Gasteiger partial charge in [-0.05, 0) is 31.0 Å². The highest BCUT2D eigenvalue weighted by atomic mass is 35.5. The Morgan fingerprint density at radius 1 is 1.35 bits per heavy atom. The van der Waals surface area contributed by atoms with E-state index in [9.17, 15) is 9.59 Å². The summed E-state index contributed by atoms with van der Waals surface area (Å²) in [4.78, 5) is 23.4. The number of benzene rings is 1. The molecule has 110 valence electrons. The first-order valence-corrected chi connectivity index (χ1v) is 6.70. The van der Waals surface area contributed by atoms with E-state index in [0.29, 0.717) is 10.9 Å². The SMILES string of the molecule is CC(C)[C@@H](C)NC(=O)COC(=O)c1ccc(Cl)cc1N. The Morgan fingerprint density at radius 2 is 2.00 bits per heavy atom. The smallest absolute Gasteiger partial charge is 0.340 e. The number of carbonyl (C=O) groups excluding carboxylic acids is 2. The highest BCUT2D eigenvalue weighted by Gasteiger charge is 2.15. The summed E-state index contributed by atoms with van der Waals surface area (Å²) in [6.45, 7) is 5.54. The van der Waals surface area contributed by atoms with Gasteiger partial charge in [0.05, 0.1) is 5.56 Å². The second kappa shape index (κ2) is 7.14. The standard InChI is InChI=1S/C14H19ClN2O3/c1-8(2)9(3)17-13(18)7-20-14(19)11-5-4-10(15)6-12(11)16/h4-6,8-9H,7,16H2,1-3H3,(H,17,18)/t9-/m1/s1. The molecule has 0 aliphatic carbocycles. The predicted molar refractivity (Wildman–Crippen MR) is 78.6 cm³/mol. The third kappa shape index (κ3) is 4.74. The molecule has 20 heavy (non-hydrogen) atoms. The molecule has 1 amide bonds. The van der Waals surface area contributed by atoms with Crippen LogP contribution in [0.2, 0.25) is 5.02 Å². The Kier molecular flexibility index (Phi) is 5.82. The summed E-state index contributed by atoms with van der Waals surface area (Å²) in [7, 11) is 0. The van der Waals surface area contributed by atoms with E-state index in [0.717, 1.165) is 0 Å². The van der Waals surface area contributed by atoms with Crippen molar-refractivity contribution >= 4 is 29.2 Å². The number of hydrogen-bond donors (Lipinski definition) is 2. The molecule has 6 heteroatoms. The van der Waals surface area contributed by atoms with Gasteiger partial charge in [-0.25, -0.2) is 4.79 Å². The maximum Gasteiger partial charge on any atom is 0.340 e. The number of nitrogens with one attached hydrogen (secondary N) is 1. The van der Waals surface area contributed by atoms with Gasteiger partial charge in [0, 0.05) is 16.8 Å². The second-order valence-corrected chi connectivity index (χ2v) is 5.34. The van der Waals surface area contributed by atoms with Crippen LogP contribution in [0.5, 0.6) is 0 Å². The van der Waals surface area contributed by atoms with Gasteiger partial charge in [-0.2, -0.15) is 0 Å². The molecule has 0 saturated heterocycles. The van der Waals surface area contributed by atoms with E-state index in [4.69, 9.17) is 22.1 Å². The number of anilines is 1. The molecule has 0 saturated carbocycles. The molecule has 1 atom stereocenters. The lowest BCUT2D eigenvalue weighted by atomic mass is 10.1. The first-order chi connectivity index (χ1) is 9.31. The largest absolute Gasteiger partial charge is 0.452 e. The van der Waals surface area contributed by atoms with Crippen LogP contribution in [-0.2, 0) is 9.53 Å². The van der Waals surface area contributed by atoms with Crippen LogP contribution in [0.4, 0.5) is 5.69 Å². The number of ether oxygens (including phenoxy) is 1. The lowest BCUT2D eigenvalue weighted by molar-refractivity contribution is -0.125.